The van der Waals surface area contributed by atoms with Gasteiger partial charge in [-0.3, -0.25) is 0 Å². The van der Waals surface area contributed by atoms with Crippen molar-refractivity contribution >= 4 is 8.19 Å². The first-order valence-corrected chi connectivity index (χ1v) is 8.89. The van der Waals surface area contributed by atoms with E-state index >= 15 is 0 Å². The highest BCUT2D eigenvalue weighted by Crippen LogP contribution is 2.46. The van der Waals surface area contributed by atoms with Crippen molar-refractivity contribution in [3.05, 3.63) is 96.8 Å². The lowest BCUT2D eigenvalue weighted by Gasteiger charge is -2.09. The van der Waals surface area contributed by atoms with E-state index in [1.807, 2.05) is 0 Å². The third kappa shape index (κ3) is 2.74. The van der Waals surface area contributed by atoms with Crippen LogP contribution in [0, 0.1) is 0 Å². The molecule has 0 nitrogen and oxygen atoms in total. The van der Waals surface area contributed by atoms with Gasteiger partial charge in [0, 0.05) is 10.9 Å². The predicted octanol–water partition coefficient (Wildman–Crippen LogP) is 6.72. The summed E-state index contributed by atoms with van der Waals surface area (Å²) in [5.74, 6) is 2.39. The molecule has 0 bridgehead atoms. The number of rotatable bonds is 3. The summed E-state index contributed by atoms with van der Waals surface area (Å²) in [6, 6.07) is 32.2. The molecule has 4 rings (SSSR count). The fourth-order valence-electron chi connectivity index (χ4n) is 3.01. The molecule has 23 heavy (non-hydrogen) atoms. The lowest BCUT2D eigenvalue weighted by Crippen LogP contribution is -1.83. The van der Waals surface area contributed by atoms with Crippen molar-refractivity contribution in [3.63, 3.8) is 0 Å². The predicted molar refractivity (Wildman–Crippen MR) is 102 cm³/mol. The minimum atomic E-state index is 0.706. The van der Waals surface area contributed by atoms with E-state index in [2.05, 4.69) is 96.8 Å². The Morgan fingerprint density at radius 2 is 0.957 bits per heavy atom. The van der Waals surface area contributed by atoms with Crippen molar-refractivity contribution in [3.8, 4) is 33.1 Å². The van der Waals surface area contributed by atoms with E-state index in [-0.39, 0.29) is 0 Å². The summed E-state index contributed by atoms with van der Waals surface area (Å²) in [6.07, 6.45) is 0. The highest BCUT2D eigenvalue weighted by atomic mass is 31.0. The van der Waals surface area contributed by atoms with Crippen LogP contribution in [-0.2, 0) is 0 Å². The van der Waals surface area contributed by atoms with E-state index in [9.17, 15) is 0 Å². The highest BCUT2D eigenvalue weighted by molar-refractivity contribution is 7.34. The fraction of sp³-hybridized carbons (Fsp3) is 0. The summed E-state index contributed by atoms with van der Waals surface area (Å²) in [5, 5.41) is 1.44. The molecule has 0 aliphatic carbocycles. The van der Waals surface area contributed by atoms with Crippen molar-refractivity contribution in [2.45, 2.75) is 0 Å². The maximum Gasteiger partial charge on any atom is 0.00665 e. The second-order valence-corrected chi connectivity index (χ2v) is 6.63. The molecular formula is C22H17P. The zero-order chi connectivity index (χ0) is 15.5. The second kappa shape index (κ2) is 6.28. The Bertz CT molecular complexity index is 834. The Morgan fingerprint density at radius 1 is 0.478 bits per heavy atom. The average molecular weight is 312 g/mol. The average Bonchev–Trinajstić information content (AvgIpc) is 3.09. The van der Waals surface area contributed by atoms with Gasteiger partial charge in [0.05, 0.1) is 0 Å². The van der Waals surface area contributed by atoms with Gasteiger partial charge in [0.25, 0.3) is 0 Å². The van der Waals surface area contributed by atoms with Crippen LogP contribution in [-0.4, -0.2) is 0 Å². The quantitative estimate of drug-likeness (QED) is 0.394. The maximum atomic E-state index is 2.39. The molecule has 0 radical (unpaired) electrons. The maximum absolute atomic E-state index is 2.39. The molecule has 3 aromatic carbocycles. The monoisotopic (exact) mass is 312 g/mol. The van der Waals surface area contributed by atoms with Crippen LogP contribution >= 0.6 is 8.19 Å². The van der Waals surface area contributed by atoms with Crippen molar-refractivity contribution < 1.29 is 0 Å². The number of hydrogen-bond donors (Lipinski definition) is 0. The van der Waals surface area contributed by atoms with Crippen LogP contribution in [0.3, 0.4) is 0 Å². The highest BCUT2D eigenvalue weighted by Gasteiger charge is 2.15. The minimum absolute atomic E-state index is 0.706. The third-order valence-corrected chi connectivity index (χ3v) is 5.35. The van der Waals surface area contributed by atoms with Crippen LogP contribution in [0.5, 0.6) is 0 Å². The van der Waals surface area contributed by atoms with E-state index in [1.54, 1.807) is 0 Å². The van der Waals surface area contributed by atoms with Gasteiger partial charge in [-0.15, -0.1) is 8.19 Å². The van der Waals surface area contributed by atoms with Gasteiger partial charge < -0.3 is 0 Å². The number of benzene rings is 3. The molecule has 0 saturated carbocycles. The minimum Gasteiger partial charge on any atom is -0.130 e. The zero-order valence-corrected chi connectivity index (χ0v) is 13.7. The van der Waals surface area contributed by atoms with Gasteiger partial charge in [-0.25, -0.2) is 0 Å². The lowest BCUT2D eigenvalue weighted by molar-refractivity contribution is 1.62. The molecule has 1 heteroatoms. The van der Waals surface area contributed by atoms with Crippen LogP contribution in [0.25, 0.3) is 33.1 Å². The summed E-state index contributed by atoms with van der Waals surface area (Å²) < 4.78 is 0. The molecule has 1 atom stereocenters. The van der Waals surface area contributed by atoms with Gasteiger partial charge in [-0.2, -0.15) is 0 Å². The van der Waals surface area contributed by atoms with E-state index in [1.165, 1.54) is 33.1 Å². The standard InChI is InChI=1S/C22H17P/c1-4-10-17(11-5-1)20-16-23-22(19-14-8-3-9-15-19)21(20)18-12-6-2-7-13-18/h1-16,23H. The van der Waals surface area contributed by atoms with Crippen LogP contribution < -0.4 is 0 Å². The molecule has 0 saturated heterocycles. The smallest absolute Gasteiger partial charge is 0.00665 e. The molecule has 1 aromatic heterocycles. The van der Waals surface area contributed by atoms with E-state index in [0.29, 0.717) is 8.19 Å². The van der Waals surface area contributed by atoms with Crippen LogP contribution in [0.2, 0.25) is 0 Å². The second-order valence-electron chi connectivity index (χ2n) is 5.55. The molecule has 4 aromatic rings. The Labute approximate surface area is 138 Å². The zero-order valence-electron chi connectivity index (χ0n) is 12.7. The van der Waals surface area contributed by atoms with Crippen LogP contribution in [0.15, 0.2) is 96.8 Å². The normalized spacial score (nSPS) is 11.0. The summed E-state index contributed by atoms with van der Waals surface area (Å²) in [7, 11) is 0.706. The summed E-state index contributed by atoms with van der Waals surface area (Å²) in [6.45, 7) is 0. The number of hydrogen-bond acceptors (Lipinski definition) is 0. The third-order valence-electron chi connectivity index (χ3n) is 4.09. The van der Waals surface area contributed by atoms with Gasteiger partial charge in [-0.1, -0.05) is 91.0 Å². The molecule has 1 unspecified atom stereocenters. The van der Waals surface area contributed by atoms with Gasteiger partial charge in [0.1, 0.15) is 0 Å². The summed E-state index contributed by atoms with van der Waals surface area (Å²) in [5.41, 5.74) is 6.65. The van der Waals surface area contributed by atoms with Crippen LogP contribution in [0.4, 0.5) is 0 Å². The first-order valence-electron chi connectivity index (χ1n) is 7.81. The van der Waals surface area contributed by atoms with E-state index in [4.69, 9.17) is 0 Å². The van der Waals surface area contributed by atoms with Crippen molar-refractivity contribution in [1.82, 2.24) is 0 Å². The topological polar surface area (TPSA) is 0 Å². The molecule has 0 spiro atoms. The first-order chi connectivity index (χ1) is 11.4. The Balaban J connectivity index is 1.97. The molecule has 0 aliphatic rings. The first kappa shape index (κ1) is 14.1. The fourth-order valence-corrected chi connectivity index (χ4v) is 4.36. The van der Waals surface area contributed by atoms with Crippen molar-refractivity contribution in [2.24, 2.45) is 0 Å². The van der Waals surface area contributed by atoms with Crippen molar-refractivity contribution in [2.75, 3.05) is 0 Å². The Kier molecular flexibility index (Phi) is 3.84. The SMILES string of the molecule is c1ccc(-c2c[pH]c(-c3ccccc3)c2-c2ccccc2)cc1. The molecule has 110 valence electrons. The van der Waals surface area contributed by atoms with Crippen LogP contribution in [0.1, 0.15) is 0 Å². The largest absolute Gasteiger partial charge is 0.130 e. The summed E-state index contributed by atoms with van der Waals surface area (Å²) in [4.78, 5) is 0. The lowest BCUT2D eigenvalue weighted by atomic mass is 9.95. The molecule has 0 fully saturated rings. The van der Waals surface area contributed by atoms with E-state index in [0.717, 1.165) is 0 Å². The van der Waals surface area contributed by atoms with Crippen molar-refractivity contribution in [1.29, 1.82) is 0 Å². The molecule has 1 heterocycles. The van der Waals surface area contributed by atoms with Gasteiger partial charge in [0.15, 0.2) is 0 Å². The Hall–Kier alpha value is -2.56. The van der Waals surface area contributed by atoms with Gasteiger partial charge in [-0.05, 0) is 28.1 Å². The molecule has 0 N–H and O–H groups in total. The Morgan fingerprint density at radius 3 is 1.52 bits per heavy atom. The molecule has 0 aliphatic heterocycles. The molecule has 0 amide bonds. The summed E-state index contributed by atoms with van der Waals surface area (Å²) >= 11 is 0. The van der Waals surface area contributed by atoms with Gasteiger partial charge >= 0.3 is 0 Å². The van der Waals surface area contributed by atoms with Gasteiger partial charge in [0.2, 0.25) is 0 Å². The molecular weight excluding hydrogens is 295 g/mol. The van der Waals surface area contributed by atoms with E-state index < -0.39 is 0 Å².